The lowest BCUT2D eigenvalue weighted by Crippen LogP contribution is -2.30. The molecule has 23 heavy (non-hydrogen) atoms. The van der Waals surface area contributed by atoms with Crippen LogP contribution in [0, 0.1) is 0 Å². The Morgan fingerprint density at radius 1 is 0.957 bits per heavy atom. The Labute approximate surface area is 139 Å². The number of carbonyl (C=O) groups is 1. The second-order valence-corrected chi connectivity index (χ2v) is 6.77. The second kappa shape index (κ2) is 16.4. The molecule has 0 saturated heterocycles. The van der Waals surface area contributed by atoms with Crippen LogP contribution in [0.3, 0.4) is 0 Å². The third-order valence-electron chi connectivity index (χ3n) is 3.10. The van der Waals surface area contributed by atoms with Crippen LogP contribution >= 0.6 is 7.82 Å². The first kappa shape index (κ1) is 24.8. The molecule has 0 spiro atoms. The van der Waals surface area contributed by atoms with Crippen LogP contribution in [0.5, 0.6) is 0 Å². The van der Waals surface area contributed by atoms with E-state index in [2.05, 4.69) is 12.2 Å². The normalized spacial score (nSPS) is 12.3. The number of nitrogens with one attached hydrogen (secondary N) is 1. The Morgan fingerprint density at radius 3 is 1.74 bits per heavy atom. The molecule has 5 N–H and O–H groups in total. The zero-order valence-electron chi connectivity index (χ0n) is 14.4. The summed E-state index contributed by atoms with van der Waals surface area (Å²) in [6, 6.07) is 0. The van der Waals surface area contributed by atoms with Crippen molar-refractivity contribution in [3.63, 3.8) is 0 Å². The molecule has 0 aliphatic rings. The first-order chi connectivity index (χ1) is 10.7. The summed E-state index contributed by atoms with van der Waals surface area (Å²) in [4.78, 5) is 32.9. The van der Waals surface area contributed by atoms with E-state index in [1.807, 2.05) is 0 Å². The average molecular weight is 355 g/mol. The van der Waals surface area contributed by atoms with Gasteiger partial charge in [0, 0.05) is 13.0 Å². The quantitative estimate of drug-likeness (QED) is 0.270. The van der Waals surface area contributed by atoms with Gasteiger partial charge in [0.1, 0.15) is 0 Å². The van der Waals surface area contributed by atoms with Gasteiger partial charge in [0.25, 0.3) is 0 Å². The van der Waals surface area contributed by atoms with E-state index in [-0.39, 0.29) is 5.91 Å². The highest BCUT2D eigenvalue weighted by Gasteiger charge is 2.02. The molecular weight excluding hydrogens is 321 g/mol. The van der Waals surface area contributed by atoms with Crippen molar-refractivity contribution >= 4 is 13.7 Å². The van der Waals surface area contributed by atoms with Gasteiger partial charge in [-0.25, -0.2) is 4.57 Å². The fourth-order valence-corrected chi connectivity index (χ4v) is 1.95. The number of phosphoric acid groups is 1. The lowest BCUT2D eigenvalue weighted by molar-refractivity contribution is -0.121. The van der Waals surface area contributed by atoms with Gasteiger partial charge in [-0.2, -0.15) is 0 Å². The molecular formula is C15H34NO6P. The first-order valence-corrected chi connectivity index (χ1v) is 9.96. The van der Waals surface area contributed by atoms with Crippen LogP contribution in [-0.2, 0) is 9.36 Å². The van der Waals surface area contributed by atoms with Crippen LogP contribution in [0.25, 0.3) is 0 Å². The van der Waals surface area contributed by atoms with E-state index >= 15 is 0 Å². The standard InChI is InChI=1S/C15H31NO2.H3O4P/c1-3-4-5-6-7-8-9-10-11-12-15(18)16-13-14(2)17;1-5(2,3)4/h14,17H,3-13H2,1-2H3,(H,16,18);(H3,1,2,3,4). The molecule has 8 heteroatoms. The van der Waals surface area contributed by atoms with Crippen molar-refractivity contribution in [2.45, 2.75) is 84.2 Å². The molecule has 140 valence electrons. The summed E-state index contributed by atoms with van der Waals surface area (Å²) in [7, 11) is -4.64. The summed E-state index contributed by atoms with van der Waals surface area (Å²) >= 11 is 0. The molecule has 0 heterocycles. The zero-order valence-corrected chi connectivity index (χ0v) is 15.3. The maximum atomic E-state index is 11.3. The number of unbranched alkanes of at least 4 members (excludes halogenated alkanes) is 8. The molecule has 1 unspecified atom stereocenters. The highest BCUT2D eigenvalue weighted by Crippen LogP contribution is 2.25. The van der Waals surface area contributed by atoms with Crippen LogP contribution in [0.4, 0.5) is 0 Å². The SMILES string of the molecule is CCCCCCCCCCCC(=O)NCC(C)O.O=P(O)(O)O. The molecule has 0 saturated carbocycles. The van der Waals surface area contributed by atoms with E-state index in [9.17, 15) is 4.79 Å². The van der Waals surface area contributed by atoms with Gasteiger partial charge in [-0.3, -0.25) is 4.79 Å². The van der Waals surface area contributed by atoms with Gasteiger partial charge in [-0.05, 0) is 13.3 Å². The number of hydrogen-bond donors (Lipinski definition) is 5. The maximum Gasteiger partial charge on any atom is 0.466 e. The minimum atomic E-state index is -4.64. The summed E-state index contributed by atoms with van der Waals surface area (Å²) in [5, 5.41) is 11.7. The number of aliphatic hydroxyl groups is 1. The van der Waals surface area contributed by atoms with E-state index in [1.54, 1.807) is 6.92 Å². The Morgan fingerprint density at radius 2 is 1.35 bits per heavy atom. The minimum Gasteiger partial charge on any atom is -0.392 e. The monoisotopic (exact) mass is 355 g/mol. The molecule has 1 amide bonds. The zero-order chi connectivity index (χ0) is 18.1. The molecule has 0 aliphatic heterocycles. The third kappa shape index (κ3) is 34.1. The molecule has 1 atom stereocenters. The topological polar surface area (TPSA) is 127 Å². The highest BCUT2D eigenvalue weighted by atomic mass is 31.2. The molecule has 0 radical (unpaired) electrons. The highest BCUT2D eigenvalue weighted by molar-refractivity contribution is 7.45. The molecule has 0 fully saturated rings. The summed E-state index contributed by atoms with van der Waals surface area (Å²) in [6.07, 6.45) is 11.6. The van der Waals surface area contributed by atoms with E-state index in [0.717, 1.165) is 12.8 Å². The molecule has 7 nitrogen and oxygen atoms in total. The van der Waals surface area contributed by atoms with Gasteiger partial charge in [0.15, 0.2) is 0 Å². The molecule has 0 aromatic heterocycles. The van der Waals surface area contributed by atoms with E-state index in [1.165, 1.54) is 44.9 Å². The van der Waals surface area contributed by atoms with Crippen LogP contribution < -0.4 is 5.32 Å². The number of hydrogen-bond acceptors (Lipinski definition) is 3. The van der Waals surface area contributed by atoms with Crippen molar-refractivity contribution in [3.8, 4) is 0 Å². The number of rotatable bonds is 12. The van der Waals surface area contributed by atoms with Crippen molar-refractivity contribution in [2.24, 2.45) is 0 Å². The third-order valence-corrected chi connectivity index (χ3v) is 3.10. The summed E-state index contributed by atoms with van der Waals surface area (Å²) in [5.74, 6) is 0.0684. The first-order valence-electron chi connectivity index (χ1n) is 8.39. The maximum absolute atomic E-state index is 11.3. The van der Waals surface area contributed by atoms with Gasteiger partial charge in [0.05, 0.1) is 6.10 Å². The van der Waals surface area contributed by atoms with Crippen LogP contribution in [0.2, 0.25) is 0 Å². The van der Waals surface area contributed by atoms with Gasteiger partial charge in [-0.15, -0.1) is 0 Å². The predicted octanol–water partition coefficient (Wildman–Crippen LogP) is 2.48. The minimum absolute atomic E-state index is 0.0684. The lowest BCUT2D eigenvalue weighted by atomic mass is 10.1. The number of aliphatic hydroxyl groups excluding tert-OH is 1. The smallest absolute Gasteiger partial charge is 0.392 e. The van der Waals surface area contributed by atoms with Crippen molar-refractivity contribution in [1.29, 1.82) is 0 Å². The number of carbonyl (C=O) groups excluding carboxylic acids is 1. The fraction of sp³-hybridized carbons (Fsp3) is 0.933. The Bertz CT molecular complexity index is 311. The van der Waals surface area contributed by atoms with Gasteiger partial charge < -0.3 is 25.1 Å². The summed E-state index contributed by atoms with van der Waals surface area (Å²) in [5.41, 5.74) is 0. The van der Waals surface area contributed by atoms with Crippen molar-refractivity contribution in [1.82, 2.24) is 5.32 Å². The second-order valence-electron chi connectivity index (χ2n) is 5.74. The van der Waals surface area contributed by atoms with Crippen molar-refractivity contribution < 1.29 is 29.1 Å². The summed E-state index contributed by atoms with van der Waals surface area (Å²) in [6.45, 7) is 4.29. The molecule has 0 rings (SSSR count). The van der Waals surface area contributed by atoms with E-state index < -0.39 is 13.9 Å². The molecule has 0 aromatic rings. The van der Waals surface area contributed by atoms with Crippen LogP contribution in [0.1, 0.15) is 78.1 Å². The fourth-order valence-electron chi connectivity index (χ4n) is 1.95. The van der Waals surface area contributed by atoms with Gasteiger partial charge in [-0.1, -0.05) is 58.3 Å². The average Bonchev–Trinajstić information content (AvgIpc) is 2.41. The predicted molar refractivity (Wildman–Crippen MR) is 90.8 cm³/mol. The van der Waals surface area contributed by atoms with Crippen LogP contribution in [0.15, 0.2) is 0 Å². The molecule has 0 bridgehead atoms. The molecule has 0 aromatic carbocycles. The summed E-state index contributed by atoms with van der Waals surface area (Å²) < 4.78 is 8.88. The molecule has 0 aliphatic carbocycles. The number of amides is 1. The Hall–Kier alpha value is -0.460. The van der Waals surface area contributed by atoms with Crippen molar-refractivity contribution in [2.75, 3.05) is 6.54 Å². The van der Waals surface area contributed by atoms with Gasteiger partial charge >= 0.3 is 7.82 Å². The van der Waals surface area contributed by atoms with E-state index in [4.69, 9.17) is 24.4 Å². The van der Waals surface area contributed by atoms with Crippen molar-refractivity contribution in [3.05, 3.63) is 0 Å². The lowest BCUT2D eigenvalue weighted by Gasteiger charge is -2.06. The van der Waals surface area contributed by atoms with Gasteiger partial charge in [0.2, 0.25) is 5.91 Å². The Kier molecular flexibility index (Phi) is 17.7. The Balaban J connectivity index is 0. The van der Waals surface area contributed by atoms with Crippen LogP contribution in [-0.4, -0.2) is 38.3 Å². The van der Waals surface area contributed by atoms with E-state index in [0.29, 0.717) is 13.0 Å². The largest absolute Gasteiger partial charge is 0.466 e.